The predicted octanol–water partition coefficient (Wildman–Crippen LogP) is 5.55. The molecule has 1 amide bonds. The number of carbonyl (C=O) groups is 3. The highest BCUT2D eigenvalue weighted by Crippen LogP contribution is 2.29. The number of benzene rings is 4. The Hall–Kier alpha value is -4.75. The zero-order valence-electron chi connectivity index (χ0n) is 21.4. The molecule has 0 saturated carbocycles. The van der Waals surface area contributed by atoms with Crippen LogP contribution in [0.2, 0.25) is 0 Å². The van der Waals surface area contributed by atoms with Gasteiger partial charge in [0.25, 0.3) is 0 Å². The number of Topliss-reactive ketones (excluding diaryl/α,β-unsaturated/α-hetero) is 1. The third kappa shape index (κ3) is 7.18. The number of alkyl carbamates (subject to hydrolysis) is 1. The normalized spacial score (nSPS) is 12.3. The van der Waals surface area contributed by atoms with Crippen LogP contribution in [0.4, 0.5) is 4.79 Å². The lowest BCUT2D eigenvalue weighted by Gasteiger charge is -2.22. The van der Waals surface area contributed by atoms with E-state index in [2.05, 4.69) is 5.32 Å². The Bertz CT molecular complexity index is 1350. The minimum atomic E-state index is -1.72. The van der Waals surface area contributed by atoms with Crippen molar-refractivity contribution in [3.63, 3.8) is 0 Å². The molecule has 0 saturated heterocycles. The van der Waals surface area contributed by atoms with Gasteiger partial charge in [0.2, 0.25) is 0 Å². The molecule has 4 rings (SSSR count). The van der Waals surface area contributed by atoms with E-state index >= 15 is 0 Å². The molecule has 0 aliphatic carbocycles. The van der Waals surface area contributed by atoms with E-state index in [1.165, 1.54) is 19.1 Å². The molecule has 7 nitrogen and oxygen atoms in total. The first kappa shape index (κ1) is 27.3. The van der Waals surface area contributed by atoms with Crippen molar-refractivity contribution < 1.29 is 29.0 Å². The van der Waals surface area contributed by atoms with E-state index in [9.17, 15) is 19.5 Å². The van der Waals surface area contributed by atoms with E-state index in [1.54, 1.807) is 12.1 Å². The lowest BCUT2D eigenvalue weighted by Crippen LogP contribution is -2.39. The standard InChI is InChI=1S/C32H29NO6/c1-22(33-32(37)38-21-23-13-5-2-6-14-23)28(34)26-19-11-12-20-27(26)29(35)31(36)39-30(24-15-7-3-8-16-24)25-17-9-4-10-18-25/h2-20,22,29-30,35H,21H2,1H3,(H,33,37)/t22-,29?/m0/s1. The molecule has 0 spiro atoms. The molecule has 2 atom stereocenters. The number of hydrogen-bond donors (Lipinski definition) is 2. The van der Waals surface area contributed by atoms with Gasteiger partial charge >= 0.3 is 12.1 Å². The fraction of sp³-hybridized carbons (Fsp3) is 0.156. The van der Waals surface area contributed by atoms with E-state index in [1.807, 2.05) is 91.0 Å². The summed E-state index contributed by atoms with van der Waals surface area (Å²) in [5, 5.41) is 13.5. The molecule has 0 aliphatic rings. The highest BCUT2D eigenvalue weighted by molar-refractivity contribution is 6.03. The molecular formula is C32H29NO6. The average molecular weight is 524 g/mol. The van der Waals surface area contributed by atoms with Crippen LogP contribution in [-0.2, 0) is 20.9 Å². The number of hydrogen-bond acceptors (Lipinski definition) is 6. The third-order valence-electron chi connectivity index (χ3n) is 6.12. The van der Waals surface area contributed by atoms with Crippen molar-refractivity contribution in [3.8, 4) is 0 Å². The Labute approximate surface area is 227 Å². The molecule has 198 valence electrons. The van der Waals surface area contributed by atoms with Gasteiger partial charge in [-0.05, 0) is 23.6 Å². The minimum Gasteiger partial charge on any atom is -0.450 e. The van der Waals surface area contributed by atoms with Crippen LogP contribution < -0.4 is 5.32 Å². The van der Waals surface area contributed by atoms with Crippen LogP contribution in [-0.4, -0.2) is 29.0 Å². The lowest BCUT2D eigenvalue weighted by molar-refractivity contribution is -0.158. The summed E-state index contributed by atoms with van der Waals surface area (Å²) in [6.45, 7) is 1.56. The number of aliphatic hydroxyl groups is 1. The molecule has 4 aromatic rings. The van der Waals surface area contributed by atoms with Crippen LogP contribution in [0.25, 0.3) is 0 Å². The number of ether oxygens (including phenoxy) is 2. The van der Waals surface area contributed by atoms with Gasteiger partial charge in [-0.2, -0.15) is 0 Å². The number of carbonyl (C=O) groups excluding carboxylic acids is 3. The average Bonchev–Trinajstić information content (AvgIpc) is 2.99. The number of ketones is 1. The van der Waals surface area contributed by atoms with Crippen LogP contribution in [0.3, 0.4) is 0 Å². The summed E-state index contributed by atoms with van der Waals surface area (Å²) in [6.07, 6.45) is -3.24. The van der Waals surface area contributed by atoms with Crippen molar-refractivity contribution in [1.29, 1.82) is 0 Å². The maximum absolute atomic E-state index is 13.2. The predicted molar refractivity (Wildman–Crippen MR) is 146 cm³/mol. The Balaban J connectivity index is 1.46. The number of amides is 1. The number of nitrogens with one attached hydrogen (secondary N) is 1. The quantitative estimate of drug-likeness (QED) is 0.209. The third-order valence-corrected chi connectivity index (χ3v) is 6.12. The summed E-state index contributed by atoms with van der Waals surface area (Å²) in [5.74, 6) is -1.40. The van der Waals surface area contributed by atoms with Gasteiger partial charge in [-0.1, -0.05) is 115 Å². The lowest BCUT2D eigenvalue weighted by atomic mass is 9.95. The Morgan fingerprint density at radius 1 is 0.744 bits per heavy atom. The van der Waals surface area contributed by atoms with Gasteiger partial charge in [-0.25, -0.2) is 9.59 Å². The summed E-state index contributed by atoms with van der Waals surface area (Å²) in [6, 6.07) is 32.8. The monoisotopic (exact) mass is 523 g/mol. The Morgan fingerprint density at radius 2 is 1.26 bits per heavy atom. The van der Waals surface area contributed by atoms with Gasteiger partial charge in [0, 0.05) is 11.1 Å². The largest absolute Gasteiger partial charge is 0.450 e. The highest BCUT2D eigenvalue weighted by Gasteiger charge is 2.30. The van der Waals surface area contributed by atoms with Gasteiger partial charge in [0.15, 0.2) is 18.0 Å². The maximum Gasteiger partial charge on any atom is 0.408 e. The zero-order valence-corrected chi connectivity index (χ0v) is 21.4. The molecule has 0 aromatic heterocycles. The topological polar surface area (TPSA) is 102 Å². The van der Waals surface area contributed by atoms with Gasteiger partial charge in [-0.3, -0.25) is 4.79 Å². The van der Waals surface area contributed by atoms with Crippen molar-refractivity contribution >= 4 is 17.8 Å². The Kier molecular flexibility index (Phi) is 9.21. The van der Waals surface area contributed by atoms with Gasteiger partial charge in [0.05, 0.1) is 6.04 Å². The molecule has 7 heteroatoms. The van der Waals surface area contributed by atoms with E-state index in [4.69, 9.17) is 9.47 Å². The molecule has 39 heavy (non-hydrogen) atoms. The second kappa shape index (κ2) is 13.2. The van der Waals surface area contributed by atoms with E-state index in [0.717, 1.165) is 16.7 Å². The first-order chi connectivity index (χ1) is 18.9. The molecule has 0 radical (unpaired) electrons. The Morgan fingerprint density at radius 3 is 1.85 bits per heavy atom. The fourth-order valence-electron chi connectivity index (χ4n) is 4.09. The molecule has 2 N–H and O–H groups in total. The number of esters is 1. The maximum atomic E-state index is 13.2. The minimum absolute atomic E-state index is 0.0543. The zero-order chi connectivity index (χ0) is 27.6. The summed E-state index contributed by atoms with van der Waals surface area (Å²) in [7, 11) is 0. The molecule has 0 heterocycles. The summed E-state index contributed by atoms with van der Waals surface area (Å²) in [5.41, 5.74) is 2.45. The van der Waals surface area contributed by atoms with Crippen molar-refractivity contribution in [1.82, 2.24) is 5.32 Å². The smallest absolute Gasteiger partial charge is 0.408 e. The molecule has 0 fully saturated rings. The van der Waals surface area contributed by atoms with E-state index in [-0.39, 0.29) is 17.7 Å². The fourth-order valence-corrected chi connectivity index (χ4v) is 4.09. The number of rotatable bonds is 10. The summed E-state index contributed by atoms with van der Waals surface area (Å²) < 4.78 is 11.0. The van der Waals surface area contributed by atoms with Gasteiger partial charge in [0.1, 0.15) is 6.61 Å². The first-order valence-electron chi connectivity index (χ1n) is 12.5. The number of aliphatic hydroxyl groups excluding tert-OH is 1. The molecule has 1 unspecified atom stereocenters. The summed E-state index contributed by atoms with van der Waals surface area (Å²) >= 11 is 0. The second-order valence-electron chi connectivity index (χ2n) is 8.92. The van der Waals surface area contributed by atoms with Crippen LogP contribution in [0, 0.1) is 0 Å². The van der Waals surface area contributed by atoms with Gasteiger partial charge < -0.3 is 19.9 Å². The SMILES string of the molecule is C[C@H](NC(=O)OCc1ccccc1)C(=O)c1ccccc1C(O)C(=O)OC(c1ccccc1)c1ccccc1. The van der Waals surface area contributed by atoms with Crippen LogP contribution in [0.15, 0.2) is 115 Å². The molecule has 4 aromatic carbocycles. The highest BCUT2D eigenvalue weighted by atomic mass is 16.6. The van der Waals surface area contributed by atoms with Crippen molar-refractivity contribution in [2.24, 2.45) is 0 Å². The van der Waals surface area contributed by atoms with Crippen LogP contribution >= 0.6 is 0 Å². The van der Waals surface area contributed by atoms with Crippen LogP contribution in [0.1, 0.15) is 51.7 Å². The second-order valence-corrected chi connectivity index (χ2v) is 8.92. The van der Waals surface area contributed by atoms with Crippen LogP contribution in [0.5, 0.6) is 0 Å². The molecule has 0 bridgehead atoms. The van der Waals surface area contributed by atoms with Gasteiger partial charge in [-0.15, -0.1) is 0 Å². The van der Waals surface area contributed by atoms with Crippen molar-refractivity contribution in [2.75, 3.05) is 0 Å². The first-order valence-corrected chi connectivity index (χ1v) is 12.5. The molecule has 0 aliphatic heterocycles. The summed E-state index contributed by atoms with van der Waals surface area (Å²) in [4.78, 5) is 38.7. The van der Waals surface area contributed by atoms with E-state index in [0.29, 0.717) is 0 Å². The van der Waals surface area contributed by atoms with Crippen molar-refractivity contribution in [2.45, 2.75) is 31.8 Å². The van der Waals surface area contributed by atoms with E-state index < -0.39 is 36.1 Å². The molecular weight excluding hydrogens is 494 g/mol. The van der Waals surface area contributed by atoms with Crippen molar-refractivity contribution in [3.05, 3.63) is 143 Å².